The number of fused-ring (bicyclic) bond motifs is 1. The van der Waals surface area contributed by atoms with Crippen LogP contribution in [0.15, 0.2) is 18.2 Å². The van der Waals surface area contributed by atoms with Crippen molar-refractivity contribution in [3.8, 4) is 0 Å². The van der Waals surface area contributed by atoms with Gasteiger partial charge in [0.2, 0.25) is 0 Å². The number of anilines is 3. The number of rotatable bonds is 1. The van der Waals surface area contributed by atoms with Crippen molar-refractivity contribution in [3.63, 3.8) is 0 Å². The van der Waals surface area contributed by atoms with E-state index in [0.717, 1.165) is 6.54 Å². The Bertz CT molecular complexity index is 369. The Hall–Kier alpha value is -1.38. The average molecular weight is 205 g/mol. The van der Waals surface area contributed by atoms with E-state index < -0.39 is 0 Å². The molecule has 0 saturated carbocycles. The molecule has 1 aliphatic rings. The molecule has 0 bridgehead atoms. The van der Waals surface area contributed by atoms with Crippen LogP contribution in [-0.2, 0) is 0 Å². The van der Waals surface area contributed by atoms with Gasteiger partial charge in [-0.3, -0.25) is 0 Å². The second-order valence-corrected chi connectivity index (χ2v) is 4.96. The molecule has 1 aromatic rings. The van der Waals surface area contributed by atoms with Crippen molar-refractivity contribution in [2.24, 2.45) is 0 Å². The summed E-state index contributed by atoms with van der Waals surface area (Å²) >= 11 is 0. The van der Waals surface area contributed by atoms with Crippen LogP contribution in [0.4, 0.5) is 17.1 Å². The first-order chi connectivity index (χ1) is 6.99. The molecule has 1 heterocycles. The first-order valence-corrected chi connectivity index (χ1v) is 5.32. The van der Waals surface area contributed by atoms with Crippen molar-refractivity contribution < 1.29 is 0 Å². The van der Waals surface area contributed by atoms with Gasteiger partial charge in [-0.15, -0.1) is 0 Å². The minimum Gasteiger partial charge on any atom is -0.381 e. The molecule has 3 nitrogen and oxygen atoms in total. The van der Waals surface area contributed by atoms with E-state index in [-0.39, 0.29) is 5.54 Å². The molecule has 0 aromatic heterocycles. The SMILES string of the molecule is CN(C)c1cccc2c1NC(C)(C)CN2. The highest BCUT2D eigenvalue weighted by Crippen LogP contribution is 2.37. The number of benzene rings is 1. The summed E-state index contributed by atoms with van der Waals surface area (Å²) in [7, 11) is 4.14. The van der Waals surface area contributed by atoms with Crippen LogP contribution in [0.25, 0.3) is 0 Å². The van der Waals surface area contributed by atoms with Crippen LogP contribution in [0.2, 0.25) is 0 Å². The lowest BCUT2D eigenvalue weighted by atomic mass is 10.0. The Morgan fingerprint density at radius 3 is 2.67 bits per heavy atom. The number of para-hydroxylation sites is 1. The zero-order valence-corrected chi connectivity index (χ0v) is 9.89. The maximum Gasteiger partial charge on any atom is 0.0818 e. The van der Waals surface area contributed by atoms with Crippen LogP contribution in [0.1, 0.15) is 13.8 Å². The summed E-state index contributed by atoms with van der Waals surface area (Å²) in [4.78, 5) is 2.13. The van der Waals surface area contributed by atoms with Crippen LogP contribution in [0.3, 0.4) is 0 Å². The highest BCUT2D eigenvalue weighted by atomic mass is 15.1. The van der Waals surface area contributed by atoms with E-state index in [0.29, 0.717) is 0 Å². The van der Waals surface area contributed by atoms with E-state index in [9.17, 15) is 0 Å². The topological polar surface area (TPSA) is 27.3 Å². The molecule has 0 aliphatic carbocycles. The predicted molar refractivity (Wildman–Crippen MR) is 67.0 cm³/mol. The molecule has 82 valence electrons. The molecule has 0 unspecified atom stereocenters. The highest BCUT2D eigenvalue weighted by Gasteiger charge is 2.25. The fourth-order valence-electron chi connectivity index (χ4n) is 1.89. The van der Waals surface area contributed by atoms with Gasteiger partial charge < -0.3 is 15.5 Å². The van der Waals surface area contributed by atoms with E-state index in [1.165, 1.54) is 17.1 Å². The number of hydrogen-bond donors (Lipinski definition) is 2. The molecule has 2 N–H and O–H groups in total. The van der Waals surface area contributed by atoms with Gasteiger partial charge >= 0.3 is 0 Å². The second-order valence-electron chi connectivity index (χ2n) is 4.96. The third-order valence-electron chi connectivity index (χ3n) is 2.71. The Balaban J connectivity index is 2.45. The standard InChI is InChI=1S/C12H19N3/c1-12(2)8-13-9-6-5-7-10(15(3)4)11(9)14-12/h5-7,13-14H,8H2,1-4H3. The molecule has 0 spiro atoms. The Morgan fingerprint density at radius 2 is 2.00 bits per heavy atom. The maximum atomic E-state index is 3.58. The molecule has 0 amide bonds. The van der Waals surface area contributed by atoms with Crippen molar-refractivity contribution in [2.75, 3.05) is 36.2 Å². The molecular weight excluding hydrogens is 186 g/mol. The summed E-state index contributed by atoms with van der Waals surface area (Å²) in [6, 6.07) is 6.33. The molecule has 2 rings (SSSR count). The van der Waals surface area contributed by atoms with Crippen molar-refractivity contribution in [1.82, 2.24) is 0 Å². The van der Waals surface area contributed by atoms with Crippen molar-refractivity contribution in [1.29, 1.82) is 0 Å². The largest absolute Gasteiger partial charge is 0.381 e. The lowest BCUT2D eigenvalue weighted by Gasteiger charge is -2.36. The van der Waals surface area contributed by atoms with Crippen LogP contribution in [0, 0.1) is 0 Å². The Kier molecular flexibility index (Phi) is 2.25. The smallest absolute Gasteiger partial charge is 0.0818 e. The summed E-state index contributed by atoms with van der Waals surface area (Å²) < 4.78 is 0. The van der Waals surface area contributed by atoms with E-state index in [2.05, 4.69) is 61.7 Å². The van der Waals surface area contributed by atoms with Crippen LogP contribution in [-0.4, -0.2) is 26.2 Å². The first-order valence-electron chi connectivity index (χ1n) is 5.32. The minimum absolute atomic E-state index is 0.110. The monoisotopic (exact) mass is 205 g/mol. The normalized spacial score (nSPS) is 17.3. The number of nitrogens with zero attached hydrogens (tertiary/aromatic N) is 1. The number of hydrogen-bond acceptors (Lipinski definition) is 3. The van der Waals surface area contributed by atoms with Gasteiger partial charge in [0.15, 0.2) is 0 Å². The maximum absolute atomic E-state index is 3.58. The first kappa shape index (κ1) is 10.1. The Labute approximate surface area is 91.5 Å². The molecule has 1 aliphatic heterocycles. The molecule has 0 radical (unpaired) electrons. The van der Waals surface area contributed by atoms with Gasteiger partial charge in [-0.1, -0.05) is 6.07 Å². The van der Waals surface area contributed by atoms with Gasteiger partial charge in [0.05, 0.1) is 17.1 Å². The van der Waals surface area contributed by atoms with E-state index in [1.807, 2.05) is 0 Å². The fourth-order valence-corrected chi connectivity index (χ4v) is 1.89. The van der Waals surface area contributed by atoms with Gasteiger partial charge in [0, 0.05) is 26.2 Å². The molecule has 3 heteroatoms. The molecule has 0 fully saturated rings. The third-order valence-corrected chi connectivity index (χ3v) is 2.71. The zero-order chi connectivity index (χ0) is 11.1. The molecular formula is C12H19N3. The van der Waals surface area contributed by atoms with Crippen LogP contribution >= 0.6 is 0 Å². The molecule has 0 saturated heterocycles. The quantitative estimate of drug-likeness (QED) is 0.737. The van der Waals surface area contributed by atoms with E-state index in [1.54, 1.807) is 0 Å². The summed E-state index contributed by atoms with van der Waals surface area (Å²) in [5, 5.41) is 7.04. The Morgan fingerprint density at radius 1 is 1.27 bits per heavy atom. The third kappa shape index (κ3) is 1.87. The molecule has 1 aromatic carbocycles. The highest BCUT2D eigenvalue weighted by molar-refractivity contribution is 5.85. The minimum atomic E-state index is 0.110. The molecule has 15 heavy (non-hydrogen) atoms. The summed E-state index contributed by atoms with van der Waals surface area (Å²) in [6.07, 6.45) is 0. The lowest BCUT2D eigenvalue weighted by Crippen LogP contribution is -2.42. The van der Waals surface area contributed by atoms with E-state index in [4.69, 9.17) is 0 Å². The molecule has 0 atom stereocenters. The predicted octanol–water partition coefficient (Wildman–Crippen LogP) is 2.37. The summed E-state index contributed by atoms with van der Waals surface area (Å²) in [6.45, 7) is 5.36. The van der Waals surface area contributed by atoms with Gasteiger partial charge in [-0.2, -0.15) is 0 Å². The zero-order valence-electron chi connectivity index (χ0n) is 9.89. The van der Waals surface area contributed by atoms with Gasteiger partial charge in [0.25, 0.3) is 0 Å². The van der Waals surface area contributed by atoms with Gasteiger partial charge in [0.1, 0.15) is 0 Å². The van der Waals surface area contributed by atoms with Crippen LogP contribution in [0.5, 0.6) is 0 Å². The van der Waals surface area contributed by atoms with E-state index >= 15 is 0 Å². The summed E-state index contributed by atoms with van der Waals surface area (Å²) in [5.41, 5.74) is 3.74. The number of nitrogens with one attached hydrogen (secondary N) is 2. The lowest BCUT2D eigenvalue weighted by molar-refractivity contribution is 0.589. The van der Waals surface area contributed by atoms with Gasteiger partial charge in [-0.25, -0.2) is 0 Å². The van der Waals surface area contributed by atoms with Crippen molar-refractivity contribution in [2.45, 2.75) is 19.4 Å². The van der Waals surface area contributed by atoms with Gasteiger partial charge in [-0.05, 0) is 26.0 Å². The average Bonchev–Trinajstić information content (AvgIpc) is 2.15. The summed E-state index contributed by atoms with van der Waals surface area (Å²) in [5.74, 6) is 0. The van der Waals surface area contributed by atoms with Crippen molar-refractivity contribution in [3.05, 3.63) is 18.2 Å². The van der Waals surface area contributed by atoms with Crippen LogP contribution < -0.4 is 15.5 Å². The van der Waals surface area contributed by atoms with Crippen molar-refractivity contribution >= 4 is 17.1 Å². The fraction of sp³-hybridized carbons (Fsp3) is 0.500. The second kappa shape index (κ2) is 3.33.